The first kappa shape index (κ1) is 12.7. The van der Waals surface area contributed by atoms with Crippen molar-refractivity contribution in [3.63, 3.8) is 0 Å². The number of halogens is 1. The molecular weight excluding hydrogens is 212 g/mol. The van der Waals surface area contributed by atoms with Crippen LogP contribution in [0.3, 0.4) is 0 Å². The molecule has 0 rings (SSSR count). The van der Waals surface area contributed by atoms with Crippen molar-refractivity contribution >= 4 is 21.4 Å². The monoisotopic (exact) mass is 223 g/mol. The van der Waals surface area contributed by atoms with E-state index in [4.69, 9.17) is 16.9 Å². The minimum absolute atomic E-state index is 0.00231. The zero-order valence-corrected chi connectivity index (χ0v) is 8.81. The maximum atomic E-state index is 11.1. The summed E-state index contributed by atoms with van der Waals surface area (Å²) in [4.78, 5) is 0. The third-order valence-electron chi connectivity index (χ3n) is 1.33. The summed E-state index contributed by atoms with van der Waals surface area (Å²) in [5.41, 5.74) is 0. The molecule has 0 saturated carbocycles. The molecule has 0 aromatic heterocycles. The van der Waals surface area contributed by atoms with Gasteiger partial charge in [-0.25, -0.2) is 13.7 Å². The Balaban J connectivity index is 3.48. The van der Waals surface area contributed by atoms with E-state index in [1.165, 1.54) is 0 Å². The number of hydrogen-bond donors (Lipinski definition) is 0. The van der Waals surface area contributed by atoms with Crippen LogP contribution in [0.25, 0.3) is 0 Å². The lowest BCUT2D eigenvalue weighted by molar-refractivity contribution is 0.592. The molecule has 0 amide bonds. The maximum absolute atomic E-state index is 11.1. The predicted octanol–water partition coefficient (Wildman–Crippen LogP) is 0.158. The number of hydrogen-bond acceptors (Lipinski definition) is 3. The minimum atomic E-state index is -3.03. The predicted molar refractivity (Wildman–Crippen MR) is 51.5 cm³/mol. The van der Waals surface area contributed by atoms with Crippen molar-refractivity contribution in [1.82, 2.24) is 5.32 Å². The van der Waals surface area contributed by atoms with E-state index in [-0.39, 0.29) is 23.9 Å². The summed E-state index contributed by atoms with van der Waals surface area (Å²) in [7, 11) is -3.03. The highest BCUT2D eigenvalue weighted by atomic mass is 35.5. The molecule has 0 unspecified atom stereocenters. The summed E-state index contributed by atoms with van der Waals surface area (Å²) in [6.45, 7) is 0.674. The highest BCUT2D eigenvalue weighted by molar-refractivity contribution is 7.91. The molecule has 0 fully saturated rings. The molecule has 4 nitrogen and oxygen atoms in total. The lowest BCUT2D eigenvalue weighted by Crippen LogP contribution is -2.21. The van der Waals surface area contributed by atoms with Gasteiger partial charge >= 0.3 is 0 Å². The van der Waals surface area contributed by atoms with Crippen LogP contribution >= 0.6 is 11.6 Å². The minimum Gasteiger partial charge on any atom is -0.240 e. The van der Waals surface area contributed by atoms with Crippen LogP contribution in [0.4, 0.5) is 0 Å². The van der Waals surface area contributed by atoms with E-state index in [0.29, 0.717) is 13.0 Å². The van der Waals surface area contributed by atoms with Gasteiger partial charge in [0.05, 0.1) is 17.6 Å². The molecule has 0 atom stereocenters. The van der Waals surface area contributed by atoms with Crippen LogP contribution in [-0.2, 0) is 9.84 Å². The van der Waals surface area contributed by atoms with Crippen LogP contribution in [0.1, 0.15) is 6.42 Å². The first-order valence-corrected chi connectivity index (χ1v) is 6.24. The molecule has 0 aromatic rings. The molecule has 0 bridgehead atoms. The topological polar surface area (TPSA) is 72.0 Å². The van der Waals surface area contributed by atoms with Crippen LogP contribution in [-0.4, -0.2) is 38.9 Å². The Hall–Kier alpha value is -0.310. The van der Waals surface area contributed by atoms with Crippen molar-refractivity contribution < 1.29 is 8.42 Å². The van der Waals surface area contributed by atoms with E-state index in [1.54, 1.807) is 0 Å². The standard InChI is InChI=1S/C7H12ClN2O2S/c8-2-6-13(11,12)7-5-10-4-1-3-9/h1-2,4-7H2. The summed E-state index contributed by atoms with van der Waals surface area (Å²) in [6.07, 6.45) is 0.343. The number of rotatable bonds is 7. The largest absolute Gasteiger partial charge is 0.240 e. The SMILES string of the molecule is N#CCC[N]CCS(=O)(=O)CCCl. The number of nitriles is 1. The first-order valence-electron chi connectivity index (χ1n) is 3.89. The van der Waals surface area contributed by atoms with Gasteiger partial charge in [-0.3, -0.25) is 0 Å². The van der Waals surface area contributed by atoms with Crippen molar-refractivity contribution in [1.29, 1.82) is 5.26 Å². The third kappa shape index (κ3) is 8.03. The van der Waals surface area contributed by atoms with Crippen LogP contribution in [0.5, 0.6) is 0 Å². The van der Waals surface area contributed by atoms with E-state index in [9.17, 15) is 8.42 Å². The van der Waals surface area contributed by atoms with Gasteiger partial charge in [0.15, 0.2) is 9.84 Å². The van der Waals surface area contributed by atoms with Crippen LogP contribution in [0, 0.1) is 11.3 Å². The van der Waals surface area contributed by atoms with Crippen LogP contribution < -0.4 is 5.32 Å². The fourth-order valence-corrected chi connectivity index (χ4v) is 2.22. The van der Waals surface area contributed by atoms with E-state index in [1.807, 2.05) is 6.07 Å². The van der Waals surface area contributed by atoms with Crippen LogP contribution in [0.2, 0.25) is 0 Å². The van der Waals surface area contributed by atoms with Gasteiger partial charge in [0.25, 0.3) is 0 Å². The molecule has 0 heterocycles. The molecular formula is C7H12ClN2O2S. The second kappa shape index (κ2) is 7.13. The van der Waals surface area contributed by atoms with E-state index >= 15 is 0 Å². The van der Waals surface area contributed by atoms with Gasteiger partial charge in [-0.15, -0.1) is 11.6 Å². The fourth-order valence-electron chi connectivity index (χ4n) is 0.664. The molecule has 0 saturated heterocycles. The highest BCUT2D eigenvalue weighted by Crippen LogP contribution is 1.91. The van der Waals surface area contributed by atoms with Gasteiger partial charge in [-0.2, -0.15) is 5.26 Å². The molecule has 13 heavy (non-hydrogen) atoms. The van der Waals surface area contributed by atoms with Gasteiger partial charge in [-0.1, -0.05) is 0 Å². The average molecular weight is 224 g/mol. The highest BCUT2D eigenvalue weighted by Gasteiger charge is 2.08. The quantitative estimate of drug-likeness (QED) is 0.456. The summed E-state index contributed by atoms with van der Waals surface area (Å²) in [5, 5.41) is 12.0. The number of alkyl halides is 1. The number of sulfone groups is 1. The van der Waals surface area contributed by atoms with Crippen molar-refractivity contribution in [2.45, 2.75) is 6.42 Å². The molecule has 0 spiro atoms. The molecule has 0 aromatic carbocycles. The van der Waals surface area contributed by atoms with Crippen molar-refractivity contribution in [3.8, 4) is 6.07 Å². The van der Waals surface area contributed by atoms with Crippen molar-refractivity contribution in [3.05, 3.63) is 0 Å². The summed E-state index contributed by atoms with van der Waals surface area (Å²) in [5.74, 6) is 0.161. The smallest absolute Gasteiger partial charge is 0.152 e. The van der Waals surface area contributed by atoms with Gasteiger partial charge in [0, 0.05) is 25.4 Å². The lowest BCUT2D eigenvalue weighted by Gasteiger charge is -2.00. The van der Waals surface area contributed by atoms with Gasteiger partial charge in [-0.05, 0) is 0 Å². The molecule has 1 radical (unpaired) electrons. The lowest BCUT2D eigenvalue weighted by atomic mass is 10.5. The Kier molecular flexibility index (Phi) is 6.96. The summed E-state index contributed by atoms with van der Waals surface area (Å²) >= 11 is 5.30. The zero-order valence-electron chi connectivity index (χ0n) is 7.24. The molecule has 0 N–H and O–H groups in total. The Morgan fingerprint density at radius 1 is 1.31 bits per heavy atom. The zero-order chi connectivity index (χ0) is 10.2. The molecule has 75 valence electrons. The van der Waals surface area contributed by atoms with Gasteiger partial charge < -0.3 is 0 Å². The van der Waals surface area contributed by atoms with E-state index in [0.717, 1.165) is 0 Å². The van der Waals surface area contributed by atoms with E-state index < -0.39 is 9.84 Å². The second-order valence-corrected chi connectivity index (χ2v) is 5.10. The summed E-state index contributed by atoms with van der Waals surface area (Å²) < 4.78 is 22.1. The Labute approximate surface area is 83.8 Å². The maximum Gasteiger partial charge on any atom is 0.152 e. The van der Waals surface area contributed by atoms with Crippen LogP contribution in [0.15, 0.2) is 0 Å². The van der Waals surface area contributed by atoms with Crippen molar-refractivity contribution in [2.75, 3.05) is 30.5 Å². The average Bonchev–Trinajstić information content (AvgIpc) is 2.04. The molecule has 6 heteroatoms. The number of nitrogens with zero attached hydrogens (tertiary/aromatic N) is 2. The second-order valence-electron chi connectivity index (χ2n) is 2.42. The Morgan fingerprint density at radius 2 is 2.00 bits per heavy atom. The third-order valence-corrected chi connectivity index (χ3v) is 3.37. The normalized spacial score (nSPS) is 11.1. The summed E-state index contributed by atoms with van der Waals surface area (Å²) in [6, 6.07) is 1.93. The molecule has 0 aliphatic carbocycles. The van der Waals surface area contributed by atoms with E-state index in [2.05, 4.69) is 5.32 Å². The molecule has 0 aliphatic rings. The first-order chi connectivity index (χ1) is 6.12. The Bertz CT molecular complexity index is 258. The molecule has 0 aliphatic heterocycles. The van der Waals surface area contributed by atoms with Crippen molar-refractivity contribution in [2.24, 2.45) is 0 Å². The fraction of sp³-hybridized carbons (Fsp3) is 0.857. The van der Waals surface area contributed by atoms with Gasteiger partial charge in [0.2, 0.25) is 0 Å². The Morgan fingerprint density at radius 3 is 2.54 bits per heavy atom. The van der Waals surface area contributed by atoms with Gasteiger partial charge in [0.1, 0.15) is 0 Å².